The van der Waals surface area contributed by atoms with E-state index in [1.54, 1.807) is 0 Å². The molecule has 0 rings (SSSR count). The Hall–Kier alpha value is 1.80. The fourth-order valence-electron chi connectivity index (χ4n) is 0. The van der Waals surface area contributed by atoms with Crippen molar-refractivity contribution in [2.45, 2.75) is 0 Å². The van der Waals surface area contributed by atoms with Gasteiger partial charge in [0.05, 0.1) is 0 Å². The second-order valence-corrected chi connectivity index (χ2v) is 1.54. The van der Waals surface area contributed by atoms with Crippen LogP contribution in [0, 0.1) is 0 Å². The summed E-state index contributed by atoms with van der Waals surface area (Å²) in [4.78, 5) is 21.6. The third-order valence-electron chi connectivity index (χ3n) is 0. The zero-order valence-electron chi connectivity index (χ0n) is 2.51. The topological polar surface area (TPSA) is 77.8 Å². The van der Waals surface area contributed by atoms with Gasteiger partial charge in [0.2, 0.25) is 0 Å². The molecular weight excluding hydrogens is 168 g/mol. The molecule has 0 aliphatic rings. The van der Waals surface area contributed by atoms with Crippen LogP contribution in [-0.4, -0.2) is 52.4 Å². The van der Waals surface area contributed by atoms with Crippen molar-refractivity contribution in [1.82, 2.24) is 0 Å². The molecule has 0 aliphatic heterocycles. The summed E-state index contributed by atoms with van der Waals surface area (Å²) in [6, 6.07) is 0. The maximum atomic E-state index is 8.88. The van der Waals surface area contributed by atoms with Gasteiger partial charge in [0.25, 0.3) is 0 Å². The summed E-state index contributed by atoms with van der Waals surface area (Å²) in [7, 11) is -4.64. The number of rotatable bonds is 0. The first-order chi connectivity index (χ1) is 2.00. The van der Waals surface area contributed by atoms with Crippen LogP contribution in [0.4, 0.5) is 0 Å². The van der Waals surface area contributed by atoms with Gasteiger partial charge in [-0.2, -0.15) is 0 Å². The van der Waals surface area contributed by atoms with Crippen molar-refractivity contribution in [3.05, 3.63) is 0 Å². The van der Waals surface area contributed by atoms with Crippen molar-refractivity contribution in [2.24, 2.45) is 0 Å². The van der Waals surface area contributed by atoms with Crippen LogP contribution in [0.15, 0.2) is 0 Å². The molecule has 0 radical (unpaired) electrons. The zero-order chi connectivity index (χ0) is 4.50. The summed E-state index contributed by atoms with van der Waals surface area (Å²) in [5.41, 5.74) is 0. The van der Waals surface area contributed by atoms with E-state index in [4.69, 9.17) is 19.2 Å². The standard InChI is InChI=1S/2Li.Ni.H3O4P.2H/c;;;1-5(2,3)4;;/h;;;(H3,1,2,3,4);;. The first-order valence-corrected chi connectivity index (χ1v) is 2.35. The minimum atomic E-state index is -4.64. The molecule has 0 spiro atoms. The first kappa shape index (κ1) is 22.6. The number of hydrogen-bond donors (Lipinski definition) is 3. The molecule has 0 amide bonds. The molecule has 0 saturated heterocycles. The van der Waals surface area contributed by atoms with Gasteiger partial charge in [-0.3, -0.25) is 0 Å². The third kappa shape index (κ3) is 111. The van der Waals surface area contributed by atoms with Gasteiger partial charge in [-0.15, -0.1) is 0 Å². The molecular formula is H5Li2NiO4P. The van der Waals surface area contributed by atoms with E-state index in [-0.39, 0.29) is 54.2 Å². The molecule has 0 aliphatic carbocycles. The molecule has 0 aromatic carbocycles. The van der Waals surface area contributed by atoms with Crippen LogP contribution in [-0.2, 0) is 21.1 Å². The van der Waals surface area contributed by atoms with Crippen molar-refractivity contribution in [1.29, 1.82) is 0 Å². The van der Waals surface area contributed by atoms with Gasteiger partial charge in [0, 0.05) is 16.5 Å². The van der Waals surface area contributed by atoms with E-state index in [9.17, 15) is 0 Å². The Morgan fingerprint density at radius 2 is 1.00 bits per heavy atom. The molecule has 46 valence electrons. The van der Waals surface area contributed by atoms with Gasteiger partial charge in [0.15, 0.2) is 0 Å². The van der Waals surface area contributed by atoms with Gasteiger partial charge >= 0.3 is 45.5 Å². The Morgan fingerprint density at radius 3 is 1.00 bits per heavy atom. The van der Waals surface area contributed by atoms with E-state index in [1.807, 2.05) is 0 Å². The van der Waals surface area contributed by atoms with Gasteiger partial charge < -0.3 is 14.7 Å². The van der Waals surface area contributed by atoms with Crippen LogP contribution in [0.25, 0.3) is 0 Å². The van der Waals surface area contributed by atoms with E-state index < -0.39 is 7.82 Å². The van der Waals surface area contributed by atoms with Gasteiger partial charge in [-0.1, -0.05) is 0 Å². The molecule has 0 bridgehead atoms. The predicted octanol–water partition coefficient (Wildman–Crippen LogP) is -2.23. The first-order valence-electron chi connectivity index (χ1n) is 0.783. The molecule has 0 heterocycles. The molecule has 0 aromatic heterocycles. The molecule has 0 fully saturated rings. The maximum absolute atomic E-state index is 8.88. The smallest absolute Gasteiger partial charge is 0 e. The maximum Gasteiger partial charge on any atom is 0 e. The van der Waals surface area contributed by atoms with Crippen LogP contribution < -0.4 is 0 Å². The molecule has 3 N–H and O–H groups in total. The Balaban J connectivity index is -0.0000000267. The monoisotopic (exact) mass is 172 g/mol. The Bertz CT molecular complexity index is 60.2. The third-order valence-corrected chi connectivity index (χ3v) is 0. The average Bonchev–Trinajstić information content (AvgIpc) is 0.722. The average molecular weight is 173 g/mol. The SMILES string of the molecule is O=P(O)(O)O.[LiH].[LiH].[Ni]. The zero-order valence-corrected chi connectivity index (χ0v) is 4.40. The quantitative estimate of drug-likeness (QED) is 0.286. The summed E-state index contributed by atoms with van der Waals surface area (Å²) in [5, 5.41) is 0. The van der Waals surface area contributed by atoms with Crippen LogP contribution >= 0.6 is 7.82 Å². The van der Waals surface area contributed by atoms with Crippen LogP contribution in [0.3, 0.4) is 0 Å². The van der Waals surface area contributed by atoms with Gasteiger partial charge in [-0.25, -0.2) is 4.57 Å². The Kier molecular flexibility index (Phi) is 24.8. The van der Waals surface area contributed by atoms with Gasteiger partial charge in [-0.05, 0) is 0 Å². The summed E-state index contributed by atoms with van der Waals surface area (Å²) >= 11 is 0. The Labute approximate surface area is 80.9 Å². The molecule has 8 heteroatoms. The summed E-state index contributed by atoms with van der Waals surface area (Å²) in [6.45, 7) is 0. The predicted molar refractivity (Wildman–Crippen MR) is 28.6 cm³/mol. The normalized spacial score (nSPS) is 7.38. The molecule has 8 heavy (non-hydrogen) atoms. The molecule has 0 saturated carbocycles. The van der Waals surface area contributed by atoms with Crippen molar-refractivity contribution in [2.75, 3.05) is 0 Å². The van der Waals surface area contributed by atoms with Crippen molar-refractivity contribution < 1.29 is 35.7 Å². The summed E-state index contributed by atoms with van der Waals surface area (Å²) < 4.78 is 8.88. The van der Waals surface area contributed by atoms with Crippen LogP contribution in [0.1, 0.15) is 0 Å². The van der Waals surface area contributed by atoms with Crippen LogP contribution in [0.5, 0.6) is 0 Å². The second kappa shape index (κ2) is 8.80. The van der Waals surface area contributed by atoms with Crippen molar-refractivity contribution >= 4 is 45.5 Å². The Morgan fingerprint density at radius 1 is 1.00 bits per heavy atom. The largest absolute Gasteiger partial charge is 0 e. The second-order valence-electron chi connectivity index (χ2n) is 0.513. The van der Waals surface area contributed by atoms with E-state index in [0.29, 0.717) is 0 Å². The number of phosphoric acid groups is 1. The van der Waals surface area contributed by atoms with E-state index in [2.05, 4.69) is 0 Å². The van der Waals surface area contributed by atoms with E-state index in [1.165, 1.54) is 0 Å². The molecule has 0 aromatic rings. The van der Waals surface area contributed by atoms with E-state index >= 15 is 0 Å². The number of hydrogen-bond acceptors (Lipinski definition) is 1. The summed E-state index contributed by atoms with van der Waals surface area (Å²) in [6.07, 6.45) is 0. The minimum Gasteiger partial charge on any atom is 0 e. The van der Waals surface area contributed by atoms with E-state index in [0.717, 1.165) is 0 Å². The van der Waals surface area contributed by atoms with Crippen LogP contribution in [0.2, 0.25) is 0 Å². The minimum absolute atomic E-state index is 0. The molecule has 4 nitrogen and oxygen atoms in total. The van der Waals surface area contributed by atoms with Gasteiger partial charge in [0.1, 0.15) is 0 Å². The van der Waals surface area contributed by atoms with Crippen molar-refractivity contribution in [3.63, 3.8) is 0 Å². The summed E-state index contributed by atoms with van der Waals surface area (Å²) in [5.74, 6) is 0. The fourth-order valence-corrected chi connectivity index (χ4v) is 0. The molecule has 0 unspecified atom stereocenters. The van der Waals surface area contributed by atoms with Crippen molar-refractivity contribution in [3.8, 4) is 0 Å². The fraction of sp³-hybridized carbons (Fsp3) is 0. The molecule has 0 atom stereocenters.